The molecule has 0 aromatic rings. The van der Waals surface area contributed by atoms with E-state index in [0.717, 1.165) is 24.8 Å². The maximum absolute atomic E-state index is 11.9. The molecule has 0 bridgehead atoms. The van der Waals surface area contributed by atoms with Gasteiger partial charge in [0.15, 0.2) is 5.78 Å². The predicted octanol–water partition coefficient (Wildman–Crippen LogP) is 2.92. The van der Waals surface area contributed by atoms with Crippen molar-refractivity contribution in [2.24, 2.45) is 0 Å². The third kappa shape index (κ3) is 5.34. The number of amides is 1. The molecule has 0 aromatic carbocycles. The second-order valence-electron chi connectivity index (χ2n) is 5.73. The number of carbonyl (C=O) groups excluding carboxylic acids is 2. The number of carbonyl (C=O) groups is 2. The molecular weight excluding hydrogens is 230 g/mol. The van der Waals surface area contributed by atoms with Crippen molar-refractivity contribution in [3.05, 3.63) is 11.6 Å². The van der Waals surface area contributed by atoms with E-state index >= 15 is 0 Å². The Bertz CT molecular complexity index is 353. The SMILES string of the molecule is CC(=O)C=C1CCCN(C(=O)OC(C)(C)C)CC1. The lowest BCUT2D eigenvalue weighted by molar-refractivity contribution is -0.112. The van der Waals surface area contributed by atoms with Gasteiger partial charge in [-0.15, -0.1) is 0 Å². The van der Waals surface area contributed by atoms with Crippen LogP contribution in [0.3, 0.4) is 0 Å². The highest BCUT2D eigenvalue weighted by Crippen LogP contribution is 2.18. The van der Waals surface area contributed by atoms with Crippen LogP contribution in [0, 0.1) is 0 Å². The van der Waals surface area contributed by atoms with Crippen LogP contribution in [0.4, 0.5) is 4.79 Å². The molecule has 0 atom stereocenters. The molecule has 1 fully saturated rings. The Hall–Kier alpha value is -1.32. The molecule has 1 aliphatic heterocycles. The monoisotopic (exact) mass is 253 g/mol. The minimum absolute atomic E-state index is 0.0794. The van der Waals surface area contributed by atoms with E-state index in [0.29, 0.717) is 13.1 Å². The molecule has 0 unspecified atom stereocenters. The molecule has 0 spiro atoms. The fraction of sp³-hybridized carbons (Fsp3) is 0.714. The first-order chi connectivity index (χ1) is 8.28. The fourth-order valence-corrected chi connectivity index (χ4v) is 1.95. The highest BCUT2D eigenvalue weighted by Gasteiger charge is 2.23. The Morgan fingerprint density at radius 2 is 1.89 bits per heavy atom. The van der Waals surface area contributed by atoms with Crippen molar-refractivity contribution < 1.29 is 14.3 Å². The van der Waals surface area contributed by atoms with Crippen molar-refractivity contribution in [3.63, 3.8) is 0 Å². The summed E-state index contributed by atoms with van der Waals surface area (Å²) >= 11 is 0. The fourth-order valence-electron chi connectivity index (χ4n) is 1.95. The largest absolute Gasteiger partial charge is 0.444 e. The zero-order valence-corrected chi connectivity index (χ0v) is 11.8. The first kappa shape index (κ1) is 14.7. The van der Waals surface area contributed by atoms with Gasteiger partial charge in [0, 0.05) is 13.1 Å². The molecule has 1 heterocycles. The van der Waals surface area contributed by atoms with Crippen LogP contribution in [-0.4, -0.2) is 35.5 Å². The molecule has 0 aromatic heterocycles. The van der Waals surface area contributed by atoms with Gasteiger partial charge in [-0.05, 0) is 53.0 Å². The van der Waals surface area contributed by atoms with E-state index in [1.165, 1.54) is 0 Å². The molecule has 0 N–H and O–H groups in total. The van der Waals surface area contributed by atoms with Crippen LogP contribution in [0.15, 0.2) is 11.6 Å². The minimum Gasteiger partial charge on any atom is -0.444 e. The number of hydrogen-bond donors (Lipinski definition) is 0. The van der Waals surface area contributed by atoms with Crippen LogP contribution >= 0.6 is 0 Å². The summed E-state index contributed by atoms with van der Waals surface area (Å²) in [6.45, 7) is 8.49. The topological polar surface area (TPSA) is 46.6 Å². The lowest BCUT2D eigenvalue weighted by Gasteiger charge is -2.26. The molecule has 102 valence electrons. The summed E-state index contributed by atoms with van der Waals surface area (Å²) in [5, 5.41) is 0. The summed E-state index contributed by atoms with van der Waals surface area (Å²) < 4.78 is 5.35. The zero-order chi connectivity index (χ0) is 13.8. The molecule has 1 aliphatic rings. The highest BCUT2D eigenvalue weighted by molar-refractivity contribution is 5.87. The van der Waals surface area contributed by atoms with Crippen molar-refractivity contribution in [2.45, 2.75) is 52.6 Å². The summed E-state index contributed by atoms with van der Waals surface area (Å²) in [6, 6.07) is 0. The van der Waals surface area contributed by atoms with Crippen molar-refractivity contribution in [1.29, 1.82) is 0 Å². The maximum atomic E-state index is 11.9. The van der Waals surface area contributed by atoms with Gasteiger partial charge in [-0.2, -0.15) is 0 Å². The normalized spacial score (nSPS) is 19.6. The van der Waals surface area contributed by atoms with Crippen molar-refractivity contribution in [2.75, 3.05) is 13.1 Å². The summed E-state index contributed by atoms with van der Waals surface area (Å²) in [7, 11) is 0. The Labute approximate surface area is 109 Å². The molecular formula is C14H23NO3. The summed E-state index contributed by atoms with van der Waals surface area (Å²) in [6.07, 6.45) is 3.97. The lowest BCUT2D eigenvalue weighted by Crippen LogP contribution is -2.37. The Kier molecular flexibility index (Phi) is 4.93. The molecule has 1 saturated heterocycles. The zero-order valence-electron chi connectivity index (χ0n) is 11.8. The molecule has 0 saturated carbocycles. The molecule has 18 heavy (non-hydrogen) atoms. The first-order valence-electron chi connectivity index (χ1n) is 6.46. The van der Waals surface area contributed by atoms with E-state index in [2.05, 4.69) is 0 Å². The Morgan fingerprint density at radius 3 is 2.44 bits per heavy atom. The number of likely N-dealkylation sites (tertiary alicyclic amines) is 1. The molecule has 1 amide bonds. The van der Waals surface area contributed by atoms with Gasteiger partial charge in [-0.25, -0.2) is 4.79 Å². The first-order valence-corrected chi connectivity index (χ1v) is 6.46. The van der Waals surface area contributed by atoms with Crippen LogP contribution in [0.5, 0.6) is 0 Å². The molecule has 1 rings (SSSR count). The van der Waals surface area contributed by atoms with Gasteiger partial charge in [0.25, 0.3) is 0 Å². The maximum Gasteiger partial charge on any atom is 0.410 e. The third-order valence-corrected chi connectivity index (χ3v) is 2.69. The minimum atomic E-state index is -0.457. The number of ether oxygens (including phenoxy) is 1. The van der Waals surface area contributed by atoms with Crippen LogP contribution in [-0.2, 0) is 9.53 Å². The number of rotatable bonds is 1. The Morgan fingerprint density at radius 1 is 1.22 bits per heavy atom. The van der Waals surface area contributed by atoms with Gasteiger partial charge in [0.1, 0.15) is 5.60 Å². The van der Waals surface area contributed by atoms with E-state index in [4.69, 9.17) is 4.74 Å². The van der Waals surface area contributed by atoms with Crippen LogP contribution in [0.25, 0.3) is 0 Å². The standard InChI is InChI=1S/C14H23NO3/c1-11(16)10-12-6-5-8-15(9-7-12)13(17)18-14(2,3)4/h10H,5-9H2,1-4H3. The number of nitrogens with zero attached hydrogens (tertiary/aromatic N) is 1. The van der Waals surface area contributed by atoms with E-state index < -0.39 is 5.60 Å². The average molecular weight is 253 g/mol. The van der Waals surface area contributed by atoms with E-state index in [-0.39, 0.29) is 11.9 Å². The summed E-state index contributed by atoms with van der Waals surface area (Å²) in [5.41, 5.74) is 0.676. The quantitative estimate of drug-likeness (QED) is 0.675. The second-order valence-corrected chi connectivity index (χ2v) is 5.73. The summed E-state index contributed by atoms with van der Waals surface area (Å²) in [4.78, 5) is 24.7. The highest BCUT2D eigenvalue weighted by atomic mass is 16.6. The summed E-state index contributed by atoms with van der Waals surface area (Å²) in [5.74, 6) is 0.0794. The average Bonchev–Trinajstić information content (AvgIpc) is 2.39. The van der Waals surface area contributed by atoms with Crippen molar-refractivity contribution in [3.8, 4) is 0 Å². The Balaban J connectivity index is 2.57. The van der Waals surface area contributed by atoms with Crippen LogP contribution in [0.1, 0.15) is 47.0 Å². The van der Waals surface area contributed by atoms with Gasteiger partial charge in [-0.1, -0.05) is 5.57 Å². The van der Waals surface area contributed by atoms with Gasteiger partial charge in [-0.3, -0.25) is 4.79 Å². The van der Waals surface area contributed by atoms with Gasteiger partial charge in [0.2, 0.25) is 0 Å². The van der Waals surface area contributed by atoms with E-state index in [9.17, 15) is 9.59 Å². The number of allylic oxidation sites excluding steroid dienone is 1. The lowest BCUT2D eigenvalue weighted by atomic mass is 10.1. The number of ketones is 1. The van der Waals surface area contributed by atoms with Crippen molar-refractivity contribution >= 4 is 11.9 Å². The molecule has 4 nitrogen and oxygen atoms in total. The van der Waals surface area contributed by atoms with Gasteiger partial charge < -0.3 is 9.64 Å². The van der Waals surface area contributed by atoms with Crippen LogP contribution < -0.4 is 0 Å². The van der Waals surface area contributed by atoms with Gasteiger partial charge in [0.05, 0.1) is 0 Å². The van der Waals surface area contributed by atoms with E-state index in [1.807, 2.05) is 20.8 Å². The second kappa shape index (κ2) is 6.03. The smallest absolute Gasteiger partial charge is 0.410 e. The molecule has 4 heteroatoms. The van der Waals surface area contributed by atoms with Crippen molar-refractivity contribution in [1.82, 2.24) is 4.90 Å². The number of hydrogen-bond acceptors (Lipinski definition) is 3. The van der Waals surface area contributed by atoms with Crippen LogP contribution in [0.2, 0.25) is 0 Å². The van der Waals surface area contributed by atoms with Gasteiger partial charge >= 0.3 is 6.09 Å². The molecule has 0 radical (unpaired) electrons. The van der Waals surface area contributed by atoms with E-state index in [1.54, 1.807) is 17.9 Å². The third-order valence-electron chi connectivity index (χ3n) is 2.69. The molecule has 0 aliphatic carbocycles. The predicted molar refractivity (Wildman–Crippen MR) is 70.4 cm³/mol.